The molecule has 0 amide bonds. The normalized spacial score (nSPS) is 17.1. The smallest absolute Gasteiger partial charge is 0.223 e. The van der Waals surface area contributed by atoms with Crippen molar-refractivity contribution in [2.45, 2.75) is 18.9 Å². The molecule has 7 heteroatoms. The van der Waals surface area contributed by atoms with E-state index in [0.717, 1.165) is 18.7 Å². The summed E-state index contributed by atoms with van der Waals surface area (Å²) in [6, 6.07) is 2.24. The van der Waals surface area contributed by atoms with Crippen LogP contribution in [0.5, 0.6) is 0 Å². The molecule has 0 aliphatic carbocycles. The molecule has 0 aromatic carbocycles. The van der Waals surface area contributed by atoms with Gasteiger partial charge in [-0.15, -0.1) is 0 Å². The number of hydrazine groups is 1. The second kappa shape index (κ2) is 5.22. The van der Waals surface area contributed by atoms with Crippen LogP contribution in [-0.2, 0) is 0 Å². The number of thioether (sulfide) groups is 1. The standard InChI is InChI=1S/C9H16N6S/c10-9-13-7(5-8(14-9)15-11)12-6-1-3-16-4-2-6/h5-6H,1-4,11H2,(H4,10,12,13,14,15). The molecule has 1 aromatic rings. The lowest BCUT2D eigenvalue weighted by molar-refractivity contribution is 0.663. The van der Waals surface area contributed by atoms with E-state index in [9.17, 15) is 0 Å². The van der Waals surface area contributed by atoms with Crippen LogP contribution >= 0.6 is 11.8 Å². The molecule has 0 spiro atoms. The first-order chi connectivity index (χ1) is 7.78. The van der Waals surface area contributed by atoms with E-state index in [2.05, 4.69) is 20.7 Å². The van der Waals surface area contributed by atoms with Gasteiger partial charge in [-0.2, -0.15) is 21.7 Å². The van der Waals surface area contributed by atoms with Gasteiger partial charge in [-0.1, -0.05) is 0 Å². The molecule has 1 aliphatic heterocycles. The van der Waals surface area contributed by atoms with Crippen LogP contribution in [0.4, 0.5) is 17.6 Å². The Morgan fingerprint density at radius 3 is 2.62 bits per heavy atom. The summed E-state index contributed by atoms with van der Waals surface area (Å²) in [6.45, 7) is 0. The number of nitrogens with two attached hydrogens (primary N) is 2. The highest BCUT2D eigenvalue weighted by Crippen LogP contribution is 2.21. The van der Waals surface area contributed by atoms with Crippen molar-refractivity contribution in [2.75, 3.05) is 28.0 Å². The third-order valence-electron chi connectivity index (χ3n) is 2.46. The van der Waals surface area contributed by atoms with Crippen molar-refractivity contribution in [3.05, 3.63) is 6.07 Å². The lowest BCUT2D eigenvalue weighted by Gasteiger charge is -2.23. The first-order valence-corrected chi connectivity index (χ1v) is 6.39. The minimum absolute atomic E-state index is 0.225. The predicted molar refractivity (Wildman–Crippen MR) is 68.2 cm³/mol. The summed E-state index contributed by atoms with van der Waals surface area (Å²) in [5.74, 6) is 9.17. The van der Waals surface area contributed by atoms with Crippen LogP contribution in [0, 0.1) is 0 Å². The van der Waals surface area contributed by atoms with Crippen LogP contribution in [0.25, 0.3) is 0 Å². The van der Waals surface area contributed by atoms with Gasteiger partial charge < -0.3 is 16.5 Å². The van der Waals surface area contributed by atoms with Gasteiger partial charge in [0.2, 0.25) is 5.95 Å². The molecule has 16 heavy (non-hydrogen) atoms. The van der Waals surface area contributed by atoms with E-state index in [0.29, 0.717) is 11.9 Å². The largest absolute Gasteiger partial charge is 0.368 e. The van der Waals surface area contributed by atoms with Gasteiger partial charge in [-0.25, -0.2) is 5.84 Å². The Balaban J connectivity index is 2.04. The van der Waals surface area contributed by atoms with Gasteiger partial charge in [0.25, 0.3) is 0 Å². The summed E-state index contributed by atoms with van der Waals surface area (Å²) in [7, 11) is 0. The monoisotopic (exact) mass is 240 g/mol. The van der Waals surface area contributed by atoms with Crippen LogP contribution in [0.3, 0.4) is 0 Å². The molecule has 1 aliphatic rings. The van der Waals surface area contributed by atoms with E-state index in [-0.39, 0.29) is 5.95 Å². The minimum Gasteiger partial charge on any atom is -0.368 e. The molecular formula is C9H16N6S. The SMILES string of the molecule is NNc1cc(NC2CCSCC2)nc(N)n1. The zero-order chi connectivity index (χ0) is 11.4. The number of rotatable bonds is 3. The Labute approximate surface area is 98.6 Å². The van der Waals surface area contributed by atoms with Crippen molar-refractivity contribution in [1.82, 2.24) is 9.97 Å². The van der Waals surface area contributed by atoms with Gasteiger partial charge in [0.15, 0.2) is 0 Å². The summed E-state index contributed by atoms with van der Waals surface area (Å²) < 4.78 is 0. The number of nitrogens with zero attached hydrogens (tertiary/aromatic N) is 2. The predicted octanol–water partition coefficient (Wildman–Crippen LogP) is 0.652. The number of anilines is 3. The molecule has 1 fully saturated rings. The van der Waals surface area contributed by atoms with Crippen molar-refractivity contribution < 1.29 is 0 Å². The first kappa shape index (κ1) is 11.3. The van der Waals surface area contributed by atoms with Crippen LogP contribution in [-0.4, -0.2) is 27.5 Å². The molecular weight excluding hydrogens is 224 g/mol. The van der Waals surface area contributed by atoms with E-state index in [1.54, 1.807) is 6.07 Å². The second-order valence-electron chi connectivity index (χ2n) is 3.67. The molecule has 0 unspecified atom stereocenters. The number of aromatic nitrogens is 2. The Bertz CT molecular complexity index is 352. The zero-order valence-corrected chi connectivity index (χ0v) is 9.76. The van der Waals surface area contributed by atoms with Gasteiger partial charge in [0, 0.05) is 12.1 Å². The van der Waals surface area contributed by atoms with E-state index in [1.165, 1.54) is 11.5 Å². The topological polar surface area (TPSA) is 102 Å². The van der Waals surface area contributed by atoms with Crippen LogP contribution in [0.1, 0.15) is 12.8 Å². The summed E-state index contributed by atoms with van der Waals surface area (Å²) in [5, 5.41) is 3.36. The Morgan fingerprint density at radius 2 is 1.94 bits per heavy atom. The molecule has 6 nitrogen and oxygen atoms in total. The Hall–Kier alpha value is -1.21. The zero-order valence-electron chi connectivity index (χ0n) is 8.94. The number of nitrogens with one attached hydrogen (secondary N) is 2. The van der Waals surface area contributed by atoms with Crippen LogP contribution < -0.4 is 22.3 Å². The van der Waals surface area contributed by atoms with Crippen molar-refractivity contribution >= 4 is 29.3 Å². The molecule has 2 rings (SSSR count). The van der Waals surface area contributed by atoms with Crippen LogP contribution in [0.2, 0.25) is 0 Å². The van der Waals surface area contributed by atoms with Crippen molar-refractivity contribution in [3.63, 3.8) is 0 Å². The molecule has 0 atom stereocenters. The lowest BCUT2D eigenvalue weighted by atomic mass is 10.1. The quantitative estimate of drug-likeness (QED) is 0.454. The number of hydrogen-bond donors (Lipinski definition) is 4. The molecule has 0 bridgehead atoms. The van der Waals surface area contributed by atoms with Gasteiger partial charge in [0.1, 0.15) is 11.6 Å². The van der Waals surface area contributed by atoms with Crippen molar-refractivity contribution in [1.29, 1.82) is 0 Å². The molecule has 0 saturated carbocycles. The highest BCUT2D eigenvalue weighted by molar-refractivity contribution is 7.99. The minimum atomic E-state index is 0.225. The molecule has 1 aromatic heterocycles. The third-order valence-corrected chi connectivity index (χ3v) is 3.51. The van der Waals surface area contributed by atoms with Gasteiger partial charge in [0.05, 0.1) is 0 Å². The molecule has 0 radical (unpaired) electrons. The summed E-state index contributed by atoms with van der Waals surface area (Å²) in [6.07, 6.45) is 2.31. The van der Waals surface area contributed by atoms with E-state index < -0.39 is 0 Å². The molecule has 2 heterocycles. The lowest BCUT2D eigenvalue weighted by Crippen LogP contribution is -2.25. The molecule has 88 valence electrons. The maximum atomic E-state index is 5.58. The highest BCUT2D eigenvalue weighted by atomic mass is 32.2. The first-order valence-electron chi connectivity index (χ1n) is 5.23. The fraction of sp³-hybridized carbons (Fsp3) is 0.556. The van der Waals surface area contributed by atoms with Crippen molar-refractivity contribution in [2.24, 2.45) is 5.84 Å². The fourth-order valence-corrected chi connectivity index (χ4v) is 2.77. The number of hydrogen-bond acceptors (Lipinski definition) is 7. The van der Waals surface area contributed by atoms with Crippen LogP contribution in [0.15, 0.2) is 6.07 Å². The maximum Gasteiger partial charge on any atom is 0.223 e. The Morgan fingerprint density at radius 1 is 1.25 bits per heavy atom. The fourth-order valence-electron chi connectivity index (χ4n) is 1.66. The highest BCUT2D eigenvalue weighted by Gasteiger charge is 2.14. The van der Waals surface area contributed by atoms with Gasteiger partial charge >= 0.3 is 0 Å². The summed E-state index contributed by atoms with van der Waals surface area (Å²) in [4.78, 5) is 8.06. The second-order valence-corrected chi connectivity index (χ2v) is 4.90. The third kappa shape index (κ3) is 2.89. The van der Waals surface area contributed by atoms with Gasteiger partial charge in [-0.05, 0) is 24.3 Å². The van der Waals surface area contributed by atoms with Crippen molar-refractivity contribution in [3.8, 4) is 0 Å². The Kier molecular flexibility index (Phi) is 3.68. The van der Waals surface area contributed by atoms with E-state index >= 15 is 0 Å². The average Bonchev–Trinajstić information content (AvgIpc) is 2.29. The number of nitrogen functional groups attached to an aromatic ring is 2. The summed E-state index contributed by atoms with van der Waals surface area (Å²) >= 11 is 1.99. The van der Waals surface area contributed by atoms with Gasteiger partial charge in [-0.3, -0.25) is 0 Å². The van der Waals surface area contributed by atoms with E-state index in [1.807, 2.05) is 11.8 Å². The summed E-state index contributed by atoms with van der Waals surface area (Å²) in [5.41, 5.74) is 8.05. The molecule has 1 saturated heterocycles. The molecule has 6 N–H and O–H groups in total. The van der Waals surface area contributed by atoms with E-state index in [4.69, 9.17) is 11.6 Å². The average molecular weight is 240 g/mol. The maximum absolute atomic E-state index is 5.58.